The number of benzene rings is 1. The molecule has 6 heteroatoms. The lowest BCUT2D eigenvalue weighted by molar-refractivity contribution is 0.103. The maximum absolute atomic E-state index is 13.2. The average molecular weight is 394 g/mol. The Bertz CT molecular complexity index is 610. The number of hydrogen-bond acceptors (Lipinski definition) is 3. The van der Waals surface area contributed by atoms with Crippen LogP contribution in [0.25, 0.3) is 0 Å². The third-order valence-electron chi connectivity index (χ3n) is 2.31. The second kappa shape index (κ2) is 5.50. The molecule has 1 heterocycles. The molecule has 18 heavy (non-hydrogen) atoms. The molecule has 0 saturated carbocycles. The van der Waals surface area contributed by atoms with Crippen LogP contribution in [0.1, 0.15) is 15.9 Å². The maximum Gasteiger partial charge on any atom is 0.198 e. The molecule has 94 valence electrons. The van der Waals surface area contributed by atoms with Gasteiger partial charge in [0, 0.05) is 5.56 Å². The SMILES string of the molecule is COc1ccc(F)cc1C(=O)c1cc(Br)sc1Br. The van der Waals surface area contributed by atoms with Gasteiger partial charge >= 0.3 is 0 Å². The van der Waals surface area contributed by atoms with Crippen LogP contribution in [0.3, 0.4) is 0 Å². The van der Waals surface area contributed by atoms with Gasteiger partial charge in [0.15, 0.2) is 5.78 Å². The van der Waals surface area contributed by atoms with E-state index in [1.54, 1.807) is 6.07 Å². The lowest BCUT2D eigenvalue weighted by Crippen LogP contribution is -2.04. The van der Waals surface area contributed by atoms with Gasteiger partial charge in [-0.05, 0) is 56.1 Å². The second-order valence-electron chi connectivity index (χ2n) is 3.41. The first-order chi connectivity index (χ1) is 8.52. The number of halogens is 3. The van der Waals surface area contributed by atoms with Crippen LogP contribution in [0.2, 0.25) is 0 Å². The third-order valence-corrected chi connectivity index (χ3v) is 4.65. The van der Waals surface area contributed by atoms with E-state index in [4.69, 9.17) is 4.74 Å². The molecule has 2 nitrogen and oxygen atoms in total. The summed E-state index contributed by atoms with van der Waals surface area (Å²) in [5.74, 6) is -0.389. The van der Waals surface area contributed by atoms with Crippen molar-refractivity contribution in [1.29, 1.82) is 0 Å². The normalized spacial score (nSPS) is 10.4. The van der Waals surface area contributed by atoms with Gasteiger partial charge in [0.2, 0.25) is 0 Å². The largest absolute Gasteiger partial charge is 0.496 e. The Morgan fingerprint density at radius 3 is 2.56 bits per heavy atom. The highest BCUT2D eigenvalue weighted by Crippen LogP contribution is 2.34. The van der Waals surface area contributed by atoms with Crippen LogP contribution >= 0.6 is 43.2 Å². The van der Waals surface area contributed by atoms with Gasteiger partial charge in [-0.15, -0.1) is 11.3 Å². The van der Waals surface area contributed by atoms with Crippen LogP contribution in [0.5, 0.6) is 5.75 Å². The lowest BCUT2D eigenvalue weighted by atomic mass is 10.1. The molecule has 2 aromatic rings. The Kier molecular flexibility index (Phi) is 4.19. The smallest absolute Gasteiger partial charge is 0.198 e. The molecule has 0 aliphatic heterocycles. The molecule has 0 aliphatic rings. The van der Waals surface area contributed by atoms with E-state index in [1.165, 1.54) is 36.6 Å². The van der Waals surface area contributed by atoms with Crippen molar-refractivity contribution < 1.29 is 13.9 Å². The van der Waals surface area contributed by atoms with Crippen molar-refractivity contribution in [2.75, 3.05) is 7.11 Å². The van der Waals surface area contributed by atoms with E-state index in [0.717, 1.165) is 3.79 Å². The van der Waals surface area contributed by atoms with Gasteiger partial charge in [-0.3, -0.25) is 4.79 Å². The maximum atomic E-state index is 13.2. The molecular formula is C12H7Br2FO2S. The van der Waals surface area contributed by atoms with Gasteiger partial charge < -0.3 is 4.74 Å². The molecule has 0 atom stereocenters. The van der Waals surface area contributed by atoms with E-state index in [0.29, 0.717) is 15.1 Å². The Morgan fingerprint density at radius 2 is 2.00 bits per heavy atom. The first kappa shape index (κ1) is 13.7. The number of ether oxygens (including phenoxy) is 1. The summed E-state index contributed by atoms with van der Waals surface area (Å²) in [4.78, 5) is 12.3. The summed E-state index contributed by atoms with van der Waals surface area (Å²) in [6.07, 6.45) is 0. The standard InChI is InChI=1S/C12H7Br2FO2S/c1-17-9-3-2-6(15)4-7(9)11(16)8-5-10(13)18-12(8)14/h2-5H,1H3. The second-order valence-corrected chi connectivity index (χ2v) is 7.16. The molecule has 0 unspecified atom stereocenters. The average Bonchev–Trinajstić information content (AvgIpc) is 2.67. The molecule has 0 spiro atoms. The minimum atomic E-state index is -0.468. The van der Waals surface area contributed by atoms with E-state index in [2.05, 4.69) is 31.9 Å². The first-order valence-electron chi connectivity index (χ1n) is 4.86. The van der Waals surface area contributed by atoms with Crippen molar-refractivity contribution in [3.8, 4) is 5.75 Å². The molecule has 0 radical (unpaired) electrons. The van der Waals surface area contributed by atoms with Gasteiger partial charge in [-0.2, -0.15) is 0 Å². The van der Waals surface area contributed by atoms with Crippen molar-refractivity contribution in [2.24, 2.45) is 0 Å². The molecule has 1 aromatic carbocycles. The topological polar surface area (TPSA) is 26.3 Å². The van der Waals surface area contributed by atoms with Crippen LogP contribution in [0.4, 0.5) is 4.39 Å². The number of hydrogen-bond donors (Lipinski definition) is 0. The van der Waals surface area contributed by atoms with Crippen LogP contribution < -0.4 is 4.74 Å². The fraction of sp³-hybridized carbons (Fsp3) is 0.0833. The Hall–Kier alpha value is -0.720. The number of rotatable bonds is 3. The van der Waals surface area contributed by atoms with Crippen molar-refractivity contribution in [3.63, 3.8) is 0 Å². The predicted molar refractivity (Wildman–Crippen MR) is 76.1 cm³/mol. The van der Waals surface area contributed by atoms with E-state index < -0.39 is 5.82 Å². The summed E-state index contributed by atoms with van der Waals surface area (Å²) < 4.78 is 19.8. The first-order valence-corrected chi connectivity index (χ1v) is 7.26. The molecule has 0 saturated heterocycles. The van der Waals surface area contributed by atoms with E-state index >= 15 is 0 Å². The van der Waals surface area contributed by atoms with Gasteiger partial charge in [0.1, 0.15) is 11.6 Å². The molecular weight excluding hydrogens is 387 g/mol. The van der Waals surface area contributed by atoms with E-state index in [-0.39, 0.29) is 11.3 Å². The minimum absolute atomic E-state index is 0.212. The van der Waals surface area contributed by atoms with Crippen LogP contribution in [0.15, 0.2) is 31.8 Å². The Morgan fingerprint density at radius 1 is 1.28 bits per heavy atom. The Balaban J connectivity index is 2.51. The molecule has 2 rings (SSSR count). The van der Waals surface area contributed by atoms with Crippen molar-refractivity contribution in [1.82, 2.24) is 0 Å². The zero-order valence-electron chi connectivity index (χ0n) is 9.17. The number of carbonyl (C=O) groups is 1. The molecule has 0 bridgehead atoms. The molecule has 1 aromatic heterocycles. The molecule has 0 N–H and O–H groups in total. The molecule has 0 amide bonds. The highest BCUT2D eigenvalue weighted by atomic mass is 79.9. The number of ketones is 1. The quantitative estimate of drug-likeness (QED) is 0.709. The van der Waals surface area contributed by atoms with Crippen molar-refractivity contribution >= 4 is 49.0 Å². The highest BCUT2D eigenvalue weighted by Gasteiger charge is 2.19. The molecule has 0 aliphatic carbocycles. The predicted octanol–water partition coefficient (Wildman–Crippen LogP) is 4.65. The zero-order valence-corrected chi connectivity index (χ0v) is 13.2. The summed E-state index contributed by atoms with van der Waals surface area (Å²) in [6.45, 7) is 0. The highest BCUT2D eigenvalue weighted by molar-refractivity contribution is 9.12. The monoisotopic (exact) mass is 392 g/mol. The van der Waals surface area contributed by atoms with E-state index in [1.807, 2.05) is 0 Å². The van der Waals surface area contributed by atoms with Crippen LogP contribution in [-0.2, 0) is 0 Å². The summed E-state index contributed by atoms with van der Waals surface area (Å²) in [7, 11) is 1.45. The fourth-order valence-corrected chi connectivity index (χ4v) is 4.29. The van der Waals surface area contributed by atoms with Gasteiger partial charge in [-0.25, -0.2) is 4.39 Å². The minimum Gasteiger partial charge on any atom is -0.496 e. The number of thiophene rings is 1. The summed E-state index contributed by atoms with van der Waals surface area (Å²) in [5.41, 5.74) is 0.694. The van der Waals surface area contributed by atoms with Crippen LogP contribution in [0, 0.1) is 5.82 Å². The van der Waals surface area contributed by atoms with Crippen LogP contribution in [-0.4, -0.2) is 12.9 Å². The van der Waals surface area contributed by atoms with Crippen molar-refractivity contribution in [3.05, 3.63) is 48.8 Å². The van der Waals surface area contributed by atoms with E-state index in [9.17, 15) is 9.18 Å². The Labute approximate surface area is 124 Å². The van der Waals surface area contributed by atoms with Crippen molar-refractivity contribution in [2.45, 2.75) is 0 Å². The van der Waals surface area contributed by atoms with Gasteiger partial charge in [0.25, 0.3) is 0 Å². The van der Waals surface area contributed by atoms with Gasteiger partial charge in [-0.1, -0.05) is 0 Å². The molecule has 0 fully saturated rings. The summed E-state index contributed by atoms with van der Waals surface area (Å²) in [5, 5.41) is 0. The number of methoxy groups -OCH3 is 1. The lowest BCUT2D eigenvalue weighted by Gasteiger charge is -2.07. The summed E-state index contributed by atoms with van der Waals surface area (Å²) >= 11 is 8.01. The summed E-state index contributed by atoms with van der Waals surface area (Å²) in [6, 6.07) is 5.58. The zero-order chi connectivity index (χ0) is 13.3. The van der Waals surface area contributed by atoms with Gasteiger partial charge in [0.05, 0.1) is 20.2 Å². The third kappa shape index (κ3) is 2.65. The number of carbonyl (C=O) groups excluding carboxylic acids is 1. The fourth-order valence-electron chi connectivity index (χ4n) is 1.50.